The quantitative estimate of drug-likeness (QED) is 0.845. The number of carboxylic acids is 1. The van der Waals surface area contributed by atoms with Crippen LogP contribution in [-0.4, -0.2) is 17.2 Å². The Kier molecular flexibility index (Phi) is 4.22. The van der Waals surface area contributed by atoms with Crippen molar-refractivity contribution in [1.29, 1.82) is 0 Å². The van der Waals surface area contributed by atoms with E-state index >= 15 is 0 Å². The normalized spacial score (nSPS) is 12.2. The van der Waals surface area contributed by atoms with Gasteiger partial charge in [0.05, 0.1) is 6.10 Å². The van der Waals surface area contributed by atoms with Crippen molar-refractivity contribution < 1.29 is 23.4 Å². The van der Waals surface area contributed by atoms with Gasteiger partial charge in [-0.05, 0) is 25.5 Å². The molecule has 0 aliphatic heterocycles. The second kappa shape index (κ2) is 5.44. The van der Waals surface area contributed by atoms with Gasteiger partial charge >= 0.3 is 5.97 Å². The van der Waals surface area contributed by atoms with Crippen molar-refractivity contribution in [3.8, 4) is 5.75 Å². The molecule has 1 aromatic rings. The van der Waals surface area contributed by atoms with Crippen LogP contribution in [0.5, 0.6) is 5.75 Å². The van der Waals surface area contributed by atoms with Gasteiger partial charge in [-0.2, -0.15) is 0 Å². The lowest BCUT2D eigenvalue weighted by Crippen LogP contribution is -2.13. The molecule has 0 radical (unpaired) electrons. The molecular formula is C11H12F2O3. The summed E-state index contributed by atoms with van der Waals surface area (Å²) in [5.74, 6) is -2.65. The summed E-state index contributed by atoms with van der Waals surface area (Å²) in [5.41, 5.74) is 0. The molecule has 16 heavy (non-hydrogen) atoms. The standard InChI is InChI=1S/C11H12F2O3/c1-7(2-5-11(14)15)16-8-3-4-9(12)10(13)6-8/h3-4,6-7H,2,5H2,1H3,(H,14,15). The maximum Gasteiger partial charge on any atom is 0.303 e. The lowest BCUT2D eigenvalue weighted by molar-refractivity contribution is -0.137. The molecular weight excluding hydrogens is 218 g/mol. The Balaban J connectivity index is 2.52. The summed E-state index contributed by atoms with van der Waals surface area (Å²) >= 11 is 0. The predicted molar refractivity (Wildman–Crippen MR) is 53.3 cm³/mol. The van der Waals surface area contributed by atoms with E-state index in [9.17, 15) is 13.6 Å². The van der Waals surface area contributed by atoms with Crippen molar-refractivity contribution in [2.24, 2.45) is 0 Å². The minimum absolute atomic E-state index is 0.0230. The van der Waals surface area contributed by atoms with Crippen molar-refractivity contribution in [2.45, 2.75) is 25.9 Å². The molecule has 1 unspecified atom stereocenters. The van der Waals surface area contributed by atoms with Gasteiger partial charge in [-0.3, -0.25) is 4.79 Å². The second-order valence-corrected chi connectivity index (χ2v) is 3.44. The number of benzene rings is 1. The molecule has 1 N–H and O–H groups in total. The van der Waals surface area contributed by atoms with Crippen molar-refractivity contribution in [3.63, 3.8) is 0 Å². The highest BCUT2D eigenvalue weighted by atomic mass is 19.2. The van der Waals surface area contributed by atoms with Crippen LogP contribution in [0.4, 0.5) is 8.78 Å². The second-order valence-electron chi connectivity index (χ2n) is 3.44. The molecule has 0 heterocycles. The van der Waals surface area contributed by atoms with Gasteiger partial charge in [0.25, 0.3) is 0 Å². The minimum Gasteiger partial charge on any atom is -0.491 e. The number of halogens is 2. The van der Waals surface area contributed by atoms with Crippen LogP contribution >= 0.6 is 0 Å². The van der Waals surface area contributed by atoms with Crippen LogP contribution in [-0.2, 0) is 4.79 Å². The van der Waals surface area contributed by atoms with E-state index in [1.54, 1.807) is 6.92 Å². The number of hydrogen-bond acceptors (Lipinski definition) is 2. The molecule has 1 atom stereocenters. The largest absolute Gasteiger partial charge is 0.491 e. The first-order valence-electron chi connectivity index (χ1n) is 4.82. The number of ether oxygens (including phenoxy) is 1. The summed E-state index contributed by atoms with van der Waals surface area (Å²) in [6.07, 6.45) is -0.0694. The Labute approximate surface area is 91.7 Å². The van der Waals surface area contributed by atoms with Gasteiger partial charge in [-0.1, -0.05) is 0 Å². The minimum atomic E-state index is -0.983. The van der Waals surface area contributed by atoms with E-state index in [1.165, 1.54) is 6.07 Å². The third-order valence-electron chi connectivity index (χ3n) is 1.99. The molecule has 0 saturated heterocycles. The van der Waals surface area contributed by atoms with Crippen LogP contribution in [0.1, 0.15) is 19.8 Å². The average molecular weight is 230 g/mol. The molecule has 1 rings (SSSR count). The molecule has 0 aromatic heterocycles. The lowest BCUT2D eigenvalue weighted by Gasteiger charge is -2.13. The first-order valence-corrected chi connectivity index (χ1v) is 4.82. The van der Waals surface area contributed by atoms with Crippen molar-refractivity contribution in [1.82, 2.24) is 0 Å². The Morgan fingerprint density at radius 1 is 1.44 bits per heavy atom. The molecule has 5 heteroatoms. The van der Waals surface area contributed by atoms with E-state index in [0.29, 0.717) is 6.42 Å². The van der Waals surface area contributed by atoms with Crippen molar-refractivity contribution in [3.05, 3.63) is 29.8 Å². The molecule has 0 bridgehead atoms. The van der Waals surface area contributed by atoms with E-state index < -0.39 is 17.6 Å². The number of aliphatic carboxylic acids is 1. The summed E-state index contributed by atoms with van der Waals surface area (Å²) in [5, 5.41) is 8.44. The van der Waals surface area contributed by atoms with Crippen LogP contribution in [0.15, 0.2) is 18.2 Å². The molecule has 0 saturated carbocycles. The fourth-order valence-electron chi connectivity index (χ4n) is 1.17. The Morgan fingerprint density at radius 3 is 2.69 bits per heavy atom. The number of hydrogen-bond donors (Lipinski definition) is 1. The predicted octanol–water partition coefficient (Wildman–Crippen LogP) is 2.60. The zero-order chi connectivity index (χ0) is 12.1. The smallest absolute Gasteiger partial charge is 0.303 e. The van der Waals surface area contributed by atoms with E-state index in [1.807, 2.05) is 0 Å². The third kappa shape index (κ3) is 3.84. The Morgan fingerprint density at radius 2 is 2.12 bits per heavy atom. The van der Waals surface area contributed by atoms with Crippen LogP contribution < -0.4 is 4.74 Å². The molecule has 0 aliphatic carbocycles. The van der Waals surface area contributed by atoms with Gasteiger partial charge in [0.1, 0.15) is 5.75 Å². The maximum absolute atomic E-state index is 12.8. The Hall–Kier alpha value is -1.65. The van der Waals surface area contributed by atoms with Crippen LogP contribution in [0.3, 0.4) is 0 Å². The molecule has 88 valence electrons. The fraction of sp³-hybridized carbons (Fsp3) is 0.364. The average Bonchev–Trinajstić information content (AvgIpc) is 2.21. The number of carboxylic acid groups (broad SMARTS) is 1. The van der Waals surface area contributed by atoms with E-state index in [4.69, 9.17) is 9.84 Å². The van der Waals surface area contributed by atoms with Gasteiger partial charge in [-0.15, -0.1) is 0 Å². The summed E-state index contributed by atoms with van der Waals surface area (Å²) in [6.45, 7) is 1.67. The highest BCUT2D eigenvalue weighted by Crippen LogP contribution is 2.17. The van der Waals surface area contributed by atoms with Gasteiger partial charge in [-0.25, -0.2) is 8.78 Å². The topological polar surface area (TPSA) is 46.5 Å². The SMILES string of the molecule is CC(CCC(=O)O)Oc1ccc(F)c(F)c1. The summed E-state index contributed by atoms with van der Waals surface area (Å²) < 4.78 is 30.6. The molecule has 3 nitrogen and oxygen atoms in total. The summed E-state index contributed by atoms with van der Waals surface area (Å²) in [4.78, 5) is 10.3. The zero-order valence-corrected chi connectivity index (χ0v) is 8.74. The number of carbonyl (C=O) groups is 1. The van der Waals surface area contributed by atoms with E-state index in [0.717, 1.165) is 12.1 Å². The van der Waals surface area contributed by atoms with Gasteiger partial charge < -0.3 is 9.84 Å². The third-order valence-corrected chi connectivity index (χ3v) is 1.99. The van der Waals surface area contributed by atoms with Crippen LogP contribution in [0, 0.1) is 11.6 Å². The summed E-state index contributed by atoms with van der Waals surface area (Å²) in [6, 6.07) is 3.21. The zero-order valence-electron chi connectivity index (χ0n) is 8.74. The van der Waals surface area contributed by atoms with Crippen molar-refractivity contribution in [2.75, 3.05) is 0 Å². The van der Waals surface area contributed by atoms with E-state index in [2.05, 4.69) is 0 Å². The molecule has 0 fully saturated rings. The fourth-order valence-corrected chi connectivity index (χ4v) is 1.17. The molecule has 0 spiro atoms. The van der Waals surface area contributed by atoms with Crippen LogP contribution in [0.2, 0.25) is 0 Å². The first kappa shape index (κ1) is 12.4. The monoisotopic (exact) mass is 230 g/mol. The lowest BCUT2D eigenvalue weighted by atomic mass is 10.2. The van der Waals surface area contributed by atoms with Crippen LogP contribution in [0.25, 0.3) is 0 Å². The highest BCUT2D eigenvalue weighted by molar-refractivity contribution is 5.66. The number of rotatable bonds is 5. The Bertz CT molecular complexity index is 379. The molecule has 0 aliphatic rings. The maximum atomic E-state index is 12.8. The molecule has 1 aromatic carbocycles. The van der Waals surface area contributed by atoms with Gasteiger partial charge in [0.2, 0.25) is 0 Å². The van der Waals surface area contributed by atoms with E-state index in [-0.39, 0.29) is 18.3 Å². The van der Waals surface area contributed by atoms with Gasteiger partial charge in [0, 0.05) is 12.5 Å². The van der Waals surface area contributed by atoms with Gasteiger partial charge in [0.15, 0.2) is 11.6 Å². The first-order chi connectivity index (χ1) is 7.49. The van der Waals surface area contributed by atoms with Crippen molar-refractivity contribution >= 4 is 5.97 Å². The summed E-state index contributed by atoms with van der Waals surface area (Å²) in [7, 11) is 0. The molecule has 0 amide bonds. The highest BCUT2D eigenvalue weighted by Gasteiger charge is 2.09.